The average Bonchev–Trinajstić information content (AvgIpc) is 3.05. The molecule has 1 aliphatic heterocycles. The van der Waals surface area contributed by atoms with Crippen molar-refractivity contribution in [2.24, 2.45) is 5.16 Å². The summed E-state index contributed by atoms with van der Waals surface area (Å²) in [5, 5.41) is 17.7. The Bertz CT molecular complexity index is 899. The molecule has 8 heteroatoms. The molecular formula is C19H19ClN2O5. The third-order valence-corrected chi connectivity index (χ3v) is 4.53. The Balaban J connectivity index is 1.63. The smallest absolute Gasteiger partial charge is 0.326 e. The molecule has 142 valence electrons. The normalized spacial score (nSPS) is 17.1. The number of carbonyl (C=O) groups excluding carboxylic acids is 1. The molecule has 27 heavy (non-hydrogen) atoms. The van der Waals surface area contributed by atoms with Crippen molar-refractivity contribution < 1.29 is 24.3 Å². The number of hydrogen-bond donors (Lipinski definition) is 2. The average molecular weight is 391 g/mol. The first-order chi connectivity index (χ1) is 12.9. The lowest BCUT2D eigenvalue weighted by Crippen LogP contribution is -2.43. The summed E-state index contributed by atoms with van der Waals surface area (Å²) >= 11 is 5.73. The van der Waals surface area contributed by atoms with Crippen molar-refractivity contribution in [1.82, 2.24) is 5.32 Å². The van der Waals surface area contributed by atoms with Gasteiger partial charge < -0.3 is 20.0 Å². The minimum absolute atomic E-state index is 0.0779. The van der Waals surface area contributed by atoms with Gasteiger partial charge in [-0.05, 0) is 28.5 Å². The largest absolute Gasteiger partial charge is 0.497 e. The maximum Gasteiger partial charge on any atom is 0.326 e. The Labute approximate surface area is 160 Å². The third-order valence-electron chi connectivity index (χ3n) is 4.31. The summed E-state index contributed by atoms with van der Waals surface area (Å²) in [6.45, 7) is 0. The van der Waals surface area contributed by atoms with Crippen LogP contribution in [0.1, 0.15) is 18.4 Å². The number of aliphatic carboxylic acids is 1. The molecule has 0 spiro atoms. The van der Waals surface area contributed by atoms with Gasteiger partial charge in [-0.3, -0.25) is 4.79 Å². The van der Waals surface area contributed by atoms with Gasteiger partial charge in [0.25, 0.3) is 0 Å². The molecule has 0 saturated carbocycles. The van der Waals surface area contributed by atoms with Crippen LogP contribution in [0.15, 0.2) is 41.6 Å². The lowest BCUT2D eigenvalue weighted by atomic mass is 10.0. The van der Waals surface area contributed by atoms with E-state index in [-0.39, 0.29) is 18.7 Å². The van der Waals surface area contributed by atoms with Gasteiger partial charge in [-0.1, -0.05) is 41.0 Å². The number of nitrogens with zero attached hydrogens (tertiary/aromatic N) is 1. The molecule has 3 rings (SSSR count). The Morgan fingerprint density at radius 1 is 1.33 bits per heavy atom. The second-order valence-electron chi connectivity index (χ2n) is 6.32. The standard InChI is InChI=1S/C19H19ClN2O5/c1-26-14-5-4-12-6-11(2-3-13(12)8-14)7-18(23)21-16(19(24)25)9-15-10-17(20)22-27-15/h2-6,8,15-16H,7,9-10H2,1H3,(H,21,23)(H,24,25)/t15?,16-/m0/s1. The van der Waals surface area contributed by atoms with Crippen LogP contribution < -0.4 is 10.1 Å². The summed E-state index contributed by atoms with van der Waals surface area (Å²) in [6.07, 6.45) is 0.0666. The number of amides is 1. The van der Waals surface area contributed by atoms with E-state index in [4.69, 9.17) is 21.2 Å². The number of carboxylic acids is 1. The molecule has 1 unspecified atom stereocenters. The molecule has 1 heterocycles. The number of methoxy groups -OCH3 is 1. The zero-order valence-electron chi connectivity index (χ0n) is 14.6. The highest BCUT2D eigenvalue weighted by Crippen LogP contribution is 2.22. The van der Waals surface area contributed by atoms with E-state index in [0.717, 1.165) is 22.1 Å². The first-order valence-electron chi connectivity index (χ1n) is 8.41. The predicted molar refractivity (Wildman–Crippen MR) is 101 cm³/mol. The summed E-state index contributed by atoms with van der Waals surface area (Å²) in [5.74, 6) is -0.739. The van der Waals surface area contributed by atoms with Gasteiger partial charge in [0.15, 0.2) is 0 Å². The first kappa shape index (κ1) is 19.0. The highest BCUT2D eigenvalue weighted by Gasteiger charge is 2.29. The highest BCUT2D eigenvalue weighted by atomic mass is 35.5. The van der Waals surface area contributed by atoms with Gasteiger partial charge in [0.05, 0.1) is 13.5 Å². The molecule has 0 aliphatic carbocycles. The zero-order chi connectivity index (χ0) is 19.4. The number of oxime groups is 1. The van der Waals surface area contributed by atoms with E-state index >= 15 is 0 Å². The van der Waals surface area contributed by atoms with Crippen LogP contribution in [0, 0.1) is 0 Å². The van der Waals surface area contributed by atoms with Crippen molar-refractivity contribution in [3.05, 3.63) is 42.0 Å². The van der Waals surface area contributed by atoms with Crippen molar-refractivity contribution in [3.63, 3.8) is 0 Å². The van der Waals surface area contributed by atoms with Crippen LogP contribution in [0.25, 0.3) is 10.8 Å². The maximum absolute atomic E-state index is 12.3. The molecule has 1 amide bonds. The topological polar surface area (TPSA) is 97.2 Å². The molecule has 7 nitrogen and oxygen atoms in total. The Morgan fingerprint density at radius 2 is 2.07 bits per heavy atom. The van der Waals surface area contributed by atoms with Gasteiger partial charge in [-0.15, -0.1) is 0 Å². The molecule has 2 aromatic rings. The van der Waals surface area contributed by atoms with Crippen molar-refractivity contribution >= 4 is 39.4 Å². The minimum Gasteiger partial charge on any atom is -0.497 e. The SMILES string of the molecule is COc1ccc2cc(CC(=O)N[C@@H](CC3CC(Cl)=NO3)C(=O)O)ccc2c1. The number of rotatable bonds is 7. The van der Waals surface area contributed by atoms with Gasteiger partial charge in [0, 0.05) is 12.8 Å². The fraction of sp³-hybridized carbons (Fsp3) is 0.316. The first-order valence-corrected chi connectivity index (χ1v) is 8.79. The molecule has 0 aromatic heterocycles. The molecule has 2 N–H and O–H groups in total. The summed E-state index contributed by atoms with van der Waals surface area (Å²) in [4.78, 5) is 28.8. The van der Waals surface area contributed by atoms with Crippen LogP contribution in [0.5, 0.6) is 5.75 Å². The van der Waals surface area contributed by atoms with E-state index in [2.05, 4.69) is 10.5 Å². The van der Waals surface area contributed by atoms with Gasteiger partial charge >= 0.3 is 5.97 Å². The molecule has 0 saturated heterocycles. The van der Waals surface area contributed by atoms with Crippen LogP contribution in [-0.2, 0) is 20.8 Å². The molecule has 1 aliphatic rings. The Morgan fingerprint density at radius 3 is 2.74 bits per heavy atom. The number of hydrogen-bond acceptors (Lipinski definition) is 5. The maximum atomic E-state index is 12.3. The quantitative estimate of drug-likeness (QED) is 0.757. The van der Waals surface area contributed by atoms with Crippen molar-refractivity contribution in [3.8, 4) is 5.75 Å². The molecule has 0 bridgehead atoms. The number of ether oxygens (including phenoxy) is 1. The fourth-order valence-corrected chi connectivity index (χ4v) is 3.16. The number of carbonyl (C=O) groups is 2. The summed E-state index contributed by atoms with van der Waals surface area (Å²) in [6, 6.07) is 10.3. The molecule has 0 radical (unpaired) electrons. The molecule has 0 fully saturated rings. The lowest BCUT2D eigenvalue weighted by molar-refractivity contribution is -0.142. The highest BCUT2D eigenvalue weighted by molar-refractivity contribution is 6.65. The van der Waals surface area contributed by atoms with E-state index in [1.165, 1.54) is 0 Å². The van der Waals surface area contributed by atoms with Crippen LogP contribution in [0.2, 0.25) is 0 Å². The number of halogens is 1. The number of fused-ring (bicyclic) bond motifs is 1. The van der Waals surface area contributed by atoms with Crippen LogP contribution >= 0.6 is 11.6 Å². The number of benzene rings is 2. The predicted octanol–water partition coefficient (Wildman–Crippen LogP) is 2.69. The fourth-order valence-electron chi connectivity index (χ4n) is 2.95. The van der Waals surface area contributed by atoms with E-state index < -0.39 is 18.1 Å². The minimum atomic E-state index is -1.12. The number of carboxylic acid groups (broad SMARTS) is 1. The second kappa shape index (κ2) is 8.26. The van der Waals surface area contributed by atoms with E-state index in [1.807, 2.05) is 36.4 Å². The molecule has 2 aromatic carbocycles. The van der Waals surface area contributed by atoms with Gasteiger partial charge in [-0.25, -0.2) is 4.79 Å². The molecular weight excluding hydrogens is 372 g/mol. The monoisotopic (exact) mass is 390 g/mol. The van der Waals surface area contributed by atoms with Gasteiger partial charge in [0.1, 0.15) is 23.1 Å². The van der Waals surface area contributed by atoms with Crippen molar-refractivity contribution in [2.45, 2.75) is 31.4 Å². The number of nitrogens with one attached hydrogen (secondary N) is 1. The van der Waals surface area contributed by atoms with Crippen LogP contribution in [-0.4, -0.2) is 41.4 Å². The zero-order valence-corrected chi connectivity index (χ0v) is 15.4. The lowest BCUT2D eigenvalue weighted by Gasteiger charge is -2.17. The summed E-state index contributed by atoms with van der Waals surface area (Å²) < 4.78 is 5.20. The van der Waals surface area contributed by atoms with Crippen LogP contribution in [0.3, 0.4) is 0 Å². The van der Waals surface area contributed by atoms with Crippen molar-refractivity contribution in [1.29, 1.82) is 0 Å². The van der Waals surface area contributed by atoms with E-state index in [9.17, 15) is 14.7 Å². The van der Waals surface area contributed by atoms with E-state index in [1.54, 1.807) is 7.11 Å². The Kier molecular flexibility index (Phi) is 5.81. The summed E-state index contributed by atoms with van der Waals surface area (Å²) in [7, 11) is 1.61. The third kappa shape index (κ3) is 4.89. The van der Waals surface area contributed by atoms with Crippen molar-refractivity contribution in [2.75, 3.05) is 7.11 Å². The second-order valence-corrected chi connectivity index (χ2v) is 6.75. The summed E-state index contributed by atoms with van der Waals surface area (Å²) in [5.41, 5.74) is 0.790. The van der Waals surface area contributed by atoms with E-state index in [0.29, 0.717) is 11.6 Å². The molecule has 2 atom stereocenters. The van der Waals surface area contributed by atoms with Gasteiger partial charge in [-0.2, -0.15) is 0 Å². The van der Waals surface area contributed by atoms with Crippen LogP contribution in [0.4, 0.5) is 0 Å². The van der Waals surface area contributed by atoms with Gasteiger partial charge in [0.2, 0.25) is 5.91 Å². The Hall–Kier alpha value is -2.80.